The number of rotatable bonds is 3. The minimum atomic E-state index is -4.68. The molecule has 96 valence electrons. The van der Waals surface area contributed by atoms with Gasteiger partial charge in [-0.1, -0.05) is 0 Å². The smallest absolute Gasteiger partial charge is 0.416 e. The molecule has 3 nitrogen and oxygen atoms in total. The Morgan fingerprint density at radius 2 is 2.00 bits per heavy atom. The van der Waals surface area contributed by atoms with Crippen LogP contribution in [0.1, 0.15) is 22.3 Å². The highest BCUT2D eigenvalue weighted by atomic mass is 35.5. The van der Waals surface area contributed by atoms with Gasteiger partial charge in [0.05, 0.1) is 23.6 Å². The van der Waals surface area contributed by atoms with Gasteiger partial charge in [-0.3, -0.25) is 4.79 Å². The summed E-state index contributed by atoms with van der Waals surface area (Å²) in [5, 5.41) is 17.4. The van der Waals surface area contributed by atoms with Gasteiger partial charge in [0.15, 0.2) is 0 Å². The second-order valence-corrected chi connectivity index (χ2v) is 3.70. The topological polar surface area (TPSA) is 61.1 Å². The van der Waals surface area contributed by atoms with E-state index in [4.69, 9.17) is 22.0 Å². The molecule has 0 aliphatic heterocycles. The van der Waals surface area contributed by atoms with Crippen LogP contribution in [-0.2, 0) is 23.3 Å². The zero-order valence-corrected chi connectivity index (χ0v) is 9.64. The van der Waals surface area contributed by atoms with Gasteiger partial charge in [-0.05, 0) is 23.3 Å². The van der Waals surface area contributed by atoms with Crippen molar-refractivity contribution >= 4 is 17.6 Å². The molecule has 0 radical (unpaired) electrons. The van der Waals surface area contributed by atoms with Crippen LogP contribution in [0.25, 0.3) is 0 Å². The molecule has 18 heavy (non-hydrogen) atoms. The summed E-state index contributed by atoms with van der Waals surface area (Å²) in [5.41, 5.74) is -1.66. The molecule has 0 unspecified atom stereocenters. The first-order chi connectivity index (χ1) is 8.31. The maximum Gasteiger partial charge on any atom is 0.416 e. The van der Waals surface area contributed by atoms with E-state index < -0.39 is 29.7 Å². The Bertz CT molecular complexity index is 520. The van der Waals surface area contributed by atoms with Crippen molar-refractivity contribution in [3.05, 3.63) is 34.4 Å². The third kappa shape index (κ3) is 2.93. The Kier molecular flexibility index (Phi) is 4.19. The molecule has 0 fully saturated rings. The van der Waals surface area contributed by atoms with Crippen molar-refractivity contribution in [1.29, 1.82) is 5.26 Å². The lowest BCUT2D eigenvalue weighted by Crippen LogP contribution is -2.15. The normalized spacial score (nSPS) is 11.1. The highest BCUT2D eigenvalue weighted by molar-refractivity contribution is 6.17. The predicted octanol–water partition coefficient (Wildman–Crippen LogP) is 2.94. The molecule has 0 aromatic heterocycles. The third-order valence-electron chi connectivity index (χ3n) is 2.32. The second kappa shape index (κ2) is 5.27. The molecule has 1 rings (SSSR count). The second-order valence-electron chi connectivity index (χ2n) is 3.43. The number of nitrogens with zero attached hydrogens (tertiary/aromatic N) is 1. The molecule has 0 saturated carbocycles. The molecule has 1 aromatic carbocycles. The number of halogens is 4. The van der Waals surface area contributed by atoms with Crippen LogP contribution >= 0.6 is 11.6 Å². The molecule has 7 heteroatoms. The Morgan fingerprint density at radius 1 is 1.39 bits per heavy atom. The zero-order valence-electron chi connectivity index (χ0n) is 8.88. The van der Waals surface area contributed by atoms with E-state index in [-0.39, 0.29) is 17.0 Å². The van der Waals surface area contributed by atoms with E-state index in [0.717, 1.165) is 6.07 Å². The van der Waals surface area contributed by atoms with E-state index in [1.54, 1.807) is 6.07 Å². The summed E-state index contributed by atoms with van der Waals surface area (Å²) < 4.78 is 38.2. The van der Waals surface area contributed by atoms with Crippen LogP contribution in [0.4, 0.5) is 13.2 Å². The van der Waals surface area contributed by atoms with Crippen molar-refractivity contribution in [3.63, 3.8) is 0 Å². The van der Waals surface area contributed by atoms with Crippen LogP contribution < -0.4 is 0 Å². The predicted molar refractivity (Wildman–Crippen MR) is 57.1 cm³/mol. The first-order valence-corrected chi connectivity index (χ1v) is 5.24. The summed E-state index contributed by atoms with van der Waals surface area (Å²) in [6.07, 6.45) is -5.51. The molecule has 1 aromatic rings. The maximum absolute atomic E-state index is 12.7. The van der Waals surface area contributed by atoms with Gasteiger partial charge in [0.1, 0.15) is 0 Å². The summed E-state index contributed by atoms with van der Waals surface area (Å²) >= 11 is 5.51. The number of carboxylic acids is 1. The standard InChI is InChI=1S/C11H7ClF3NO2/c12-4-8-6(5-16)1-2-9(11(13,14)15)7(8)3-10(17)18/h1-2H,3-4H2,(H,17,18). The summed E-state index contributed by atoms with van der Waals surface area (Å²) in [6.45, 7) is 0. The minimum Gasteiger partial charge on any atom is -0.481 e. The van der Waals surface area contributed by atoms with Gasteiger partial charge in [-0.25, -0.2) is 0 Å². The molecule has 0 atom stereocenters. The molecule has 0 bridgehead atoms. The molecule has 0 amide bonds. The highest BCUT2D eigenvalue weighted by Gasteiger charge is 2.35. The Balaban J connectivity index is 3.55. The highest BCUT2D eigenvalue weighted by Crippen LogP contribution is 2.35. The lowest BCUT2D eigenvalue weighted by Gasteiger charge is -2.15. The lowest BCUT2D eigenvalue weighted by molar-refractivity contribution is -0.139. The van der Waals surface area contributed by atoms with Gasteiger partial charge in [-0.2, -0.15) is 18.4 Å². The van der Waals surface area contributed by atoms with Crippen molar-refractivity contribution in [1.82, 2.24) is 0 Å². The molecule has 0 saturated heterocycles. The van der Waals surface area contributed by atoms with Gasteiger partial charge < -0.3 is 5.11 Å². The Hall–Kier alpha value is -1.74. The Labute approximate surface area is 105 Å². The molecule has 0 aliphatic rings. The van der Waals surface area contributed by atoms with Crippen LogP contribution in [0.5, 0.6) is 0 Å². The van der Waals surface area contributed by atoms with E-state index in [1.807, 2.05) is 0 Å². The average molecular weight is 278 g/mol. The van der Waals surface area contributed by atoms with Crippen molar-refractivity contribution in [2.75, 3.05) is 0 Å². The third-order valence-corrected chi connectivity index (χ3v) is 2.59. The van der Waals surface area contributed by atoms with Gasteiger partial charge in [0.25, 0.3) is 0 Å². The fourth-order valence-corrected chi connectivity index (χ4v) is 1.87. The first-order valence-electron chi connectivity index (χ1n) is 4.71. The van der Waals surface area contributed by atoms with Crippen LogP contribution in [0.15, 0.2) is 12.1 Å². The van der Waals surface area contributed by atoms with Crippen molar-refractivity contribution in [2.45, 2.75) is 18.5 Å². The van der Waals surface area contributed by atoms with E-state index >= 15 is 0 Å². The molecular formula is C11H7ClF3NO2. The number of hydrogen-bond acceptors (Lipinski definition) is 2. The quantitative estimate of drug-likeness (QED) is 0.864. The summed E-state index contributed by atoms with van der Waals surface area (Å²) in [6, 6.07) is 3.39. The Morgan fingerprint density at radius 3 is 2.39 bits per heavy atom. The summed E-state index contributed by atoms with van der Waals surface area (Å²) in [7, 11) is 0. The summed E-state index contributed by atoms with van der Waals surface area (Å²) in [5.74, 6) is -1.77. The summed E-state index contributed by atoms with van der Waals surface area (Å²) in [4.78, 5) is 10.6. The SMILES string of the molecule is N#Cc1ccc(C(F)(F)F)c(CC(=O)O)c1CCl. The van der Waals surface area contributed by atoms with Crippen molar-refractivity contribution in [3.8, 4) is 6.07 Å². The zero-order chi connectivity index (χ0) is 13.9. The van der Waals surface area contributed by atoms with Crippen LogP contribution in [0.2, 0.25) is 0 Å². The molecule has 0 aliphatic carbocycles. The van der Waals surface area contributed by atoms with E-state index in [2.05, 4.69) is 0 Å². The maximum atomic E-state index is 12.7. The van der Waals surface area contributed by atoms with E-state index in [9.17, 15) is 18.0 Å². The van der Waals surface area contributed by atoms with Crippen LogP contribution in [-0.4, -0.2) is 11.1 Å². The molecule has 0 heterocycles. The van der Waals surface area contributed by atoms with Crippen molar-refractivity contribution < 1.29 is 23.1 Å². The fraction of sp³-hybridized carbons (Fsp3) is 0.273. The van der Waals surface area contributed by atoms with Crippen LogP contribution in [0, 0.1) is 11.3 Å². The monoisotopic (exact) mass is 277 g/mol. The minimum absolute atomic E-state index is 0.0470. The number of aliphatic carboxylic acids is 1. The van der Waals surface area contributed by atoms with Gasteiger partial charge >= 0.3 is 12.1 Å². The fourth-order valence-electron chi connectivity index (χ4n) is 1.57. The van der Waals surface area contributed by atoms with Crippen LogP contribution in [0.3, 0.4) is 0 Å². The number of carboxylic acid groups (broad SMARTS) is 1. The first kappa shape index (κ1) is 14.3. The lowest BCUT2D eigenvalue weighted by atomic mass is 9.94. The van der Waals surface area contributed by atoms with Gasteiger partial charge in [-0.15, -0.1) is 11.6 Å². The molecule has 1 N–H and O–H groups in total. The number of hydrogen-bond donors (Lipinski definition) is 1. The van der Waals surface area contributed by atoms with Gasteiger partial charge in [0.2, 0.25) is 0 Å². The van der Waals surface area contributed by atoms with Crippen molar-refractivity contribution in [2.24, 2.45) is 0 Å². The number of alkyl halides is 4. The van der Waals surface area contributed by atoms with Gasteiger partial charge in [0, 0.05) is 5.88 Å². The average Bonchev–Trinajstić information content (AvgIpc) is 2.25. The molecule has 0 spiro atoms. The number of carbonyl (C=O) groups is 1. The number of benzene rings is 1. The van der Waals surface area contributed by atoms with E-state index in [0.29, 0.717) is 6.07 Å². The molecular weight excluding hydrogens is 271 g/mol. The largest absolute Gasteiger partial charge is 0.481 e. The number of nitriles is 1. The van der Waals surface area contributed by atoms with E-state index in [1.165, 1.54) is 0 Å².